The summed E-state index contributed by atoms with van der Waals surface area (Å²) >= 11 is 0. The maximum absolute atomic E-state index is 12.7. The van der Waals surface area contributed by atoms with Gasteiger partial charge in [-0.25, -0.2) is 4.79 Å². The zero-order valence-corrected chi connectivity index (χ0v) is 18.8. The van der Waals surface area contributed by atoms with Crippen LogP contribution in [0.15, 0.2) is 10.9 Å². The van der Waals surface area contributed by atoms with E-state index in [2.05, 4.69) is 15.3 Å². The monoisotopic (exact) mass is 444 g/mol. The lowest BCUT2D eigenvalue weighted by Gasteiger charge is -2.36. The van der Waals surface area contributed by atoms with Crippen LogP contribution in [0, 0.1) is 0 Å². The van der Waals surface area contributed by atoms with Gasteiger partial charge in [0.25, 0.3) is 0 Å². The van der Waals surface area contributed by atoms with E-state index in [-0.39, 0.29) is 34.6 Å². The van der Waals surface area contributed by atoms with Crippen molar-refractivity contribution in [2.45, 2.75) is 44.6 Å². The number of aromatic amines is 1. The third kappa shape index (κ3) is 4.39. The fraction of sp³-hybridized carbons (Fsp3) is 0.591. The van der Waals surface area contributed by atoms with Gasteiger partial charge in [-0.15, -0.1) is 0 Å². The van der Waals surface area contributed by atoms with Crippen molar-refractivity contribution in [2.75, 3.05) is 51.0 Å². The van der Waals surface area contributed by atoms with E-state index in [1.54, 1.807) is 6.07 Å². The van der Waals surface area contributed by atoms with E-state index < -0.39 is 0 Å². The Labute approximate surface area is 187 Å². The van der Waals surface area contributed by atoms with E-state index in [0.717, 1.165) is 12.8 Å². The summed E-state index contributed by atoms with van der Waals surface area (Å²) < 4.78 is 10.5. The summed E-state index contributed by atoms with van der Waals surface area (Å²) in [6, 6.07) is 1.99. The first kappa shape index (κ1) is 22.0. The topological polar surface area (TPSA) is 126 Å². The molecule has 1 saturated heterocycles. The number of urea groups is 1. The van der Waals surface area contributed by atoms with Crippen molar-refractivity contribution < 1.29 is 14.3 Å². The molecule has 1 saturated carbocycles. The molecule has 0 bridgehead atoms. The van der Waals surface area contributed by atoms with Crippen LogP contribution in [0.25, 0.3) is 11.3 Å². The Morgan fingerprint density at radius 1 is 1.12 bits per heavy atom. The van der Waals surface area contributed by atoms with E-state index in [1.165, 1.54) is 39.9 Å². The molecule has 0 aromatic carbocycles. The molecule has 32 heavy (non-hydrogen) atoms. The first-order chi connectivity index (χ1) is 15.5. The second-order valence-corrected chi connectivity index (χ2v) is 8.42. The molecule has 2 amide bonds. The van der Waals surface area contributed by atoms with Crippen LogP contribution in [-0.2, 0) is 0 Å². The number of ether oxygens (including phenoxy) is 2. The number of nitrogens with two attached hydrogens (primary N) is 1. The molecule has 10 nitrogen and oxygen atoms in total. The van der Waals surface area contributed by atoms with Crippen LogP contribution in [-0.4, -0.2) is 67.3 Å². The molecule has 0 radical (unpaired) electrons. The number of fused-ring (bicyclic) bond motifs is 1. The summed E-state index contributed by atoms with van der Waals surface area (Å²) in [5, 5.41) is 3.21. The SMILES string of the molecule is COc1cc2[nH]c(N3CCN(C(=O)NC4CCCCCC4)CC3)nc(N)c-2c(=O)c1OC. The number of piperazine rings is 1. The molecular formula is C22H32N6O4. The van der Waals surface area contributed by atoms with E-state index in [0.29, 0.717) is 43.6 Å². The molecule has 0 aromatic rings. The number of anilines is 2. The van der Waals surface area contributed by atoms with E-state index >= 15 is 0 Å². The van der Waals surface area contributed by atoms with Gasteiger partial charge in [0.2, 0.25) is 17.1 Å². The number of amides is 2. The standard InChI is InChI=1S/C22H32N6O4/c1-31-16-13-15-17(18(29)19(16)32-2)20(23)26-21(25-15)27-9-11-28(12-10-27)22(30)24-14-7-5-3-4-6-8-14/h13-14H,3-12,23H2,1-2H3,(H,24,30)(H,25,26). The fourth-order valence-corrected chi connectivity index (χ4v) is 4.59. The van der Waals surface area contributed by atoms with Crippen molar-refractivity contribution >= 4 is 17.8 Å². The quantitative estimate of drug-likeness (QED) is 0.616. The van der Waals surface area contributed by atoms with Crippen LogP contribution in [0.5, 0.6) is 11.5 Å². The maximum atomic E-state index is 12.7. The van der Waals surface area contributed by atoms with Crippen molar-refractivity contribution in [3.05, 3.63) is 16.3 Å². The second-order valence-electron chi connectivity index (χ2n) is 8.42. The lowest BCUT2D eigenvalue weighted by atomic mass is 10.1. The highest BCUT2D eigenvalue weighted by Gasteiger charge is 2.27. The number of carbonyl (C=O) groups is 1. The number of hydrogen-bond donors (Lipinski definition) is 3. The van der Waals surface area contributed by atoms with Crippen molar-refractivity contribution in [1.29, 1.82) is 0 Å². The highest BCUT2D eigenvalue weighted by Crippen LogP contribution is 2.33. The summed E-state index contributed by atoms with van der Waals surface area (Å²) in [6.45, 7) is 2.41. The van der Waals surface area contributed by atoms with Crippen LogP contribution < -0.4 is 30.9 Å². The number of aromatic nitrogens is 2. The van der Waals surface area contributed by atoms with Crippen LogP contribution in [0.1, 0.15) is 38.5 Å². The molecule has 4 N–H and O–H groups in total. The normalized spacial score (nSPS) is 17.8. The molecule has 2 aliphatic carbocycles. The molecule has 0 spiro atoms. The van der Waals surface area contributed by atoms with Gasteiger partial charge in [0.15, 0.2) is 5.75 Å². The number of carbonyl (C=O) groups excluding carboxylic acids is 1. The molecular weight excluding hydrogens is 412 g/mol. The predicted molar refractivity (Wildman–Crippen MR) is 123 cm³/mol. The number of methoxy groups -OCH3 is 2. The smallest absolute Gasteiger partial charge is 0.317 e. The van der Waals surface area contributed by atoms with Gasteiger partial charge in [0.05, 0.1) is 25.5 Å². The van der Waals surface area contributed by atoms with Gasteiger partial charge < -0.3 is 35.3 Å². The van der Waals surface area contributed by atoms with Crippen molar-refractivity contribution in [3.63, 3.8) is 0 Å². The van der Waals surface area contributed by atoms with Crippen molar-refractivity contribution in [1.82, 2.24) is 20.2 Å². The van der Waals surface area contributed by atoms with Gasteiger partial charge in [-0.1, -0.05) is 25.7 Å². The largest absolute Gasteiger partial charge is 0.493 e. The number of rotatable bonds is 4. The molecule has 2 heterocycles. The molecule has 0 unspecified atom stereocenters. The Morgan fingerprint density at radius 2 is 1.81 bits per heavy atom. The number of H-pyrrole nitrogens is 1. The molecule has 4 rings (SSSR count). The van der Waals surface area contributed by atoms with Gasteiger partial charge in [-0.2, -0.15) is 4.98 Å². The number of nitrogens with one attached hydrogen (secondary N) is 2. The average molecular weight is 445 g/mol. The average Bonchev–Trinajstić information content (AvgIpc) is 3.07. The summed E-state index contributed by atoms with van der Waals surface area (Å²) in [5.41, 5.74) is 6.58. The minimum Gasteiger partial charge on any atom is -0.493 e. The number of benzene rings is 1. The molecule has 0 atom stereocenters. The summed E-state index contributed by atoms with van der Waals surface area (Å²) in [4.78, 5) is 37.0. The number of hydrogen-bond acceptors (Lipinski definition) is 7. The predicted octanol–water partition coefficient (Wildman–Crippen LogP) is 2.03. The molecule has 2 aliphatic heterocycles. The van der Waals surface area contributed by atoms with Crippen LogP contribution in [0.4, 0.5) is 16.6 Å². The summed E-state index contributed by atoms with van der Waals surface area (Å²) in [6.07, 6.45) is 7.02. The Bertz CT molecular complexity index is 977. The van der Waals surface area contributed by atoms with E-state index in [9.17, 15) is 9.59 Å². The van der Waals surface area contributed by atoms with E-state index in [4.69, 9.17) is 15.2 Å². The van der Waals surface area contributed by atoms with Crippen LogP contribution in [0.3, 0.4) is 0 Å². The van der Waals surface area contributed by atoms with Crippen molar-refractivity contribution in [3.8, 4) is 22.8 Å². The van der Waals surface area contributed by atoms with Crippen molar-refractivity contribution in [2.24, 2.45) is 0 Å². The van der Waals surface area contributed by atoms with Gasteiger partial charge in [0.1, 0.15) is 5.82 Å². The summed E-state index contributed by atoms with van der Waals surface area (Å²) in [7, 11) is 2.90. The molecule has 0 aromatic heterocycles. The van der Waals surface area contributed by atoms with Gasteiger partial charge >= 0.3 is 6.03 Å². The fourth-order valence-electron chi connectivity index (χ4n) is 4.59. The first-order valence-electron chi connectivity index (χ1n) is 11.3. The van der Waals surface area contributed by atoms with Crippen LogP contribution >= 0.6 is 0 Å². The zero-order valence-electron chi connectivity index (χ0n) is 18.8. The summed E-state index contributed by atoms with van der Waals surface area (Å²) in [5.74, 6) is 1.12. The highest BCUT2D eigenvalue weighted by molar-refractivity contribution is 5.78. The second kappa shape index (κ2) is 9.54. The number of nitrogens with zero attached hydrogens (tertiary/aromatic N) is 3. The third-order valence-electron chi connectivity index (χ3n) is 6.40. The number of nitrogen functional groups attached to an aromatic ring is 1. The highest BCUT2D eigenvalue weighted by atomic mass is 16.5. The zero-order chi connectivity index (χ0) is 22.7. The molecule has 2 fully saturated rings. The Hall–Kier alpha value is -3.17. The minimum atomic E-state index is -0.366. The Kier molecular flexibility index (Phi) is 6.57. The molecule has 4 aliphatic rings. The Balaban J connectivity index is 1.46. The first-order valence-corrected chi connectivity index (χ1v) is 11.3. The minimum absolute atomic E-state index is 0.0133. The van der Waals surface area contributed by atoms with Gasteiger partial charge in [0, 0.05) is 38.3 Å². The lowest BCUT2D eigenvalue weighted by molar-refractivity contribution is 0.188. The maximum Gasteiger partial charge on any atom is 0.317 e. The Morgan fingerprint density at radius 3 is 2.44 bits per heavy atom. The van der Waals surface area contributed by atoms with Gasteiger partial charge in [-0.05, 0) is 12.8 Å². The third-order valence-corrected chi connectivity index (χ3v) is 6.40. The lowest BCUT2D eigenvalue weighted by Crippen LogP contribution is -2.53. The van der Waals surface area contributed by atoms with Gasteiger partial charge in [-0.3, -0.25) is 4.79 Å². The molecule has 10 heteroatoms. The van der Waals surface area contributed by atoms with Crippen LogP contribution in [0.2, 0.25) is 0 Å². The van der Waals surface area contributed by atoms with E-state index in [1.807, 2.05) is 9.80 Å². The molecule has 174 valence electrons.